The van der Waals surface area contributed by atoms with Crippen molar-refractivity contribution in [3.8, 4) is 5.75 Å². The third kappa shape index (κ3) is 6.64. The summed E-state index contributed by atoms with van der Waals surface area (Å²) in [6, 6.07) is 16.0. The summed E-state index contributed by atoms with van der Waals surface area (Å²) in [6.45, 7) is 6.13. The second-order valence-corrected chi connectivity index (χ2v) is 12.3. The van der Waals surface area contributed by atoms with Crippen molar-refractivity contribution in [2.45, 2.75) is 49.1 Å². The van der Waals surface area contributed by atoms with Crippen LogP contribution in [0.4, 0.5) is 0 Å². The van der Waals surface area contributed by atoms with Gasteiger partial charge in [0.1, 0.15) is 11.8 Å². The van der Waals surface area contributed by atoms with Crippen LogP contribution in [0.15, 0.2) is 82.6 Å². The van der Waals surface area contributed by atoms with E-state index in [1.807, 2.05) is 6.92 Å². The van der Waals surface area contributed by atoms with E-state index in [0.717, 1.165) is 11.1 Å². The molecule has 0 spiro atoms. The van der Waals surface area contributed by atoms with Crippen LogP contribution in [-0.4, -0.2) is 39.9 Å². The molecule has 0 aromatic heterocycles. The summed E-state index contributed by atoms with van der Waals surface area (Å²) in [4.78, 5) is 24.5. The van der Waals surface area contributed by atoms with E-state index in [1.54, 1.807) is 31.2 Å². The Hall–Kier alpha value is -3.58. The Kier molecular flexibility index (Phi) is 8.42. The molecule has 10 nitrogen and oxygen atoms in total. The van der Waals surface area contributed by atoms with E-state index >= 15 is 0 Å². The highest BCUT2D eigenvalue weighted by Gasteiger charge is 2.40. The summed E-state index contributed by atoms with van der Waals surface area (Å²) in [6.07, 6.45) is 0. The van der Waals surface area contributed by atoms with Crippen LogP contribution in [0.25, 0.3) is 0 Å². The maximum atomic E-state index is 12.9. The Morgan fingerprint density at radius 3 is 1.68 bits per heavy atom. The molecule has 0 saturated heterocycles. The predicted octanol–water partition coefficient (Wildman–Crippen LogP) is 2.85. The van der Waals surface area contributed by atoms with Gasteiger partial charge in [0, 0.05) is 0 Å². The lowest BCUT2D eigenvalue weighted by Gasteiger charge is -2.26. The number of carbonyl (C=O) groups excluding carboxylic acids is 1. The quantitative estimate of drug-likeness (QED) is 0.252. The van der Waals surface area contributed by atoms with Gasteiger partial charge < -0.3 is 9.84 Å². The number of nitrogens with one attached hydrogen (secondary N) is 2. The van der Waals surface area contributed by atoms with Crippen LogP contribution in [0.3, 0.4) is 0 Å². The minimum atomic E-state index is -4.19. The van der Waals surface area contributed by atoms with Crippen LogP contribution in [0.5, 0.6) is 5.75 Å². The first-order chi connectivity index (χ1) is 17.6. The Labute approximate surface area is 221 Å². The van der Waals surface area contributed by atoms with Gasteiger partial charge in [0.2, 0.25) is 20.0 Å². The normalized spacial score (nSPS) is 14.3. The van der Waals surface area contributed by atoms with Gasteiger partial charge in [0.05, 0.1) is 9.79 Å². The van der Waals surface area contributed by atoms with Gasteiger partial charge in [-0.3, -0.25) is 0 Å². The first kappa shape index (κ1) is 29.0. The van der Waals surface area contributed by atoms with Gasteiger partial charge in [0.15, 0.2) is 5.54 Å². The lowest BCUT2D eigenvalue weighted by atomic mass is 9.93. The zero-order valence-corrected chi connectivity index (χ0v) is 22.8. The molecule has 0 fully saturated rings. The first-order valence-corrected chi connectivity index (χ1v) is 14.4. The van der Waals surface area contributed by atoms with Gasteiger partial charge in [-0.2, -0.15) is 9.44 Å². The molecule has 202 valence electrons. The van der Waals surface area contributed by atoms with Crippen LogP contribution in [0, 0.1) is 13.8 Å². The number of esters is 1. The standard InChI is InChI=1S/C26H28N2O8S2/c1-17-5-13-22(14-6-17)37(32,33)27-19(3)24(29)36-21-11-9-20(10-12-21)26(4,25(30)31)28-38(34,35)23-15-7-18(2)8-16-23/h5-16,19,27-28H,1-4H3,(H,30,31)/t19-,26?/m0/s1. The Morgan fingerprint density at radius 2 is 1.24 bits per heavy atom. The minimum Gasteiger partial charge on any atom is -0.480 e. The molecular formula is C26H28N2O8S2. The van der Waals surface area contributed by atoms with Crippen molar-refractivity contribution in [1.82, 2.24) is 9.44 Å². The molecule has 0 radical (unpaired) electrons. The van der Waals surface area contributed by atoms with Crippen molar-refractivity contribution in [3.05, 3.63) is 89.5 Å². The van der Waals surface area contributed by atoms with Gasteiger partial charge in [-0.15, -0.1) is 0 Å². The highest BCUT2D eigenvalue weighted by atomic mass is 32.2. The number of aryl methyl sites for hydroxylation is 2. The zero-order valence-electron chi connectivity index (χ0n) is 21.1. The number of ether oxygens (including phenoxy) is 1. The molecule has 3 rings (SSSR count). The van der Waals surface area contributed by atoms with E-state index in [2.05, 4.69) is 9.44 Å². The van der Waals surface area contributed by atoms with Gasteiger partial charge in [-0.1, -0.05) is 47.5 Å². The topological polar surface area (TPSA) is 156 Å². The van der Waals surface area contributed by atoms with Crippen molar-refractivity contribution in [2.75, 3.05) is 0 Å². The monoisotopic (exact) mass is 560 g/mol. The summed E-state index contributed by atoms with van der Waals surface area (Å²) in [7, 11) is -8.17. The molecule has 0 saturated carbocycles. The number of hydrogen-bond acceptors (Lipinski definition) is 7. The van der Waals surface area contributed by atoms with E-state index in [1.165, 1.54) is 62.4 Å². The van der Waals surface area contributed by atoms with Crippen LogP contribution >= 0.6 is 0 Å². The molecule has 3 aromatic carbocycles. The Morgan fingerprint density at radius 1 is 0.789 bits per heavy atom. The largest absolute Gasteiger partial charge is 0.480 e. The number of carboxylic acids is 1. The van der Waals surface area contributed by atoms with Crippen LogP contribution in [0.1, 0.15) is 30.5 Å². The van der Waals surface area contributed by atoms with Crippen molar-refractivity contribution in [1.29, 1.82) is 0 Å². The van der Waals surface area contributed by atoms with Crippen molar-refractivity contribution < 1.29 is 36.3 Å². The molecule has 0 aliphatic carbocycles. The number of carboxylic acid groups (broad SMARTS) is 1. The van der Waals surface area contributed by atoms with Crippen LogP contribution in [0.2, 0.25) is 0 Å². The highest BCUT2D eigenvalue weighted by molar-refractivity contribution is 7.89. The van der Waals surface area contributed by atoms with E-state index in [4.69, 9.17) is 4.74 Å². The lowest BCUT2D eigenvalue weighted by Crippen LogP contribution is -2.49. The molecule has 0 amide bonds. The maximum absolute atomic E-state index is 12.9. The zero-order chi connectivity index (χ0) is 28.3. The molecule has 0 bridgehead atoms. The maximum Gasteiger partial charge on any atom is 0.329 e. The fourth-order valence-electron chi connectivity index (χ4n) is 3.40. The summed E-state index contributed by atoms with van der Waals surface area (Å²) in [5.41, 5.74) is -0.244. The fourth-order valence-corrected chi connectivity index (χ4v) is 5.95. The molecule has 0 aliphatic rings. The van der Waals surface area contributed by atoms with Gasteiger partial charge >= 0.3 is 11.9 Å². The second-order valence-electron chi connectivity index (χ2n) is 8.95. The van der Waals surface area contributed by atoms with Crippen molar-refractivity contribution in [2.24, 2.45) is 0 Å². The predicted molar refractivity (Wildman–Crippen MR) is 140 cm³/mol. The fraction of sp³-hybridized carbons (Fsp3) is 0.231. The lowest BCUT2D eigenvalue weighted by molar-refractivity contribution is -0.143. The average molecular weight is 561 g/mol. The summed E-state index contributed by atoms with van der Waals surface area (Å²) >= 11 is 0. The smallest absolute Gasteiger partial charge is 0.329 e. The Balaban J connectivity index is 1.74. The number of hydrogen-bond donors (Lipinski definition) is 3. The molecule has 0 heterocycles. The van der Waals surface area contributed by atoms with Crippen LogP contribution < -0.4 is 14.2 Å². The van der Waals surface area contributed by atoms with Crippen molar-refractivity contribution >= 4 is 32.0 Å². The van der Waals surface area contributed by atoms with Crippen LogP contribution in [-0.2, 0) is 35.2 Å². The SMILES string of the molecule is Cc1ccc(S(=O)(=O)N[C@@H](C)C(=O)Oc2ccc(C(C)(NS(=O)(=O)c3ccc(C)cc3)C(=O)O)cc2)cc1. The summed E-state index contributed by atoms with van der Waals surface area (Å²) < 4.78 is 60.5. The van der Waals surface area contributed by atoms with Gasteiger partial charge in [0.25, 0.3) is 0 Å². The number of aliphatic carboxylic acids is 1. The summed E-state index contributed by atoms with van der Waals surface area (Å²) in [5, 5.41) is 9.87. The number of carbonyl (C=O) groups is 2. The Bertz CT molecular complexity index is 1530. The van der Waals surface area contributed by atoms with E-state index in [9.17, 15) is 31.5 Å². The minimum absolute atomic E-state index is 0.00634. The second kappa shape index (κ2) is 11.0. The molecule has 0 aliphatic heterocycles. The molecule has 12 heteroatoms. The van der Waals surface area contributed by atoms with Crippen molar-refractivity contribution in [3.63, 3.8) is 0 Å². The molecule has 2 atom stereocenters. The molecule has 1 unspecified atom stereocenters. The van der Waals surface area contributed by atoms with E-state index in [-0.39, 0.29) is 21.1 Å². The molecule has 3 aromatic rings. The van der Waals surface area contributed by atoms with Gasteiger partial charge in [-0.25, -0.2) is 26.4 Å². The molecular weight excluding hydrogens is 532 g/mol. The summed E-state index contributed by atoms with van der Waals surface area (Å²) in [5.74, 6) is -2.33. The number of rotatable bonds is 10. The highest BCUT2D eigenvalue weighted by Crippen LogP contribution is 2.27. The number of benzene rings is 3. The molecule has 38 heavy (non-hydrogen) atoms. The van der Waals surface area contributed by atoms with E-state index in [0.29, 0.717) is 0 Å². The first-order valence-electron chi connectivity index (χ1n) is 11.4. The third-order valence-electron chi connectivity index (χ3n) is 5.76. The molecule has 3 N–H and O–H groups in total. The average Bonchev–Trinajstić information content (AvgIpc) is 2.84. The third-order valence-corrected chi connectivity index (χ3v) is 8.89. The number of sulfonamides is 2. The van der Waals surface area contributed by atoms with Gasteiger partial charge in [-0.05, 0) is 69.7 Å². The van der Waals surface area contributed by atoms with E-state index < -0.39 is 43.6 Å².